The van der Waals surface area contributed by atoms with Crippen LogP contribution in [0.1, 0.15) is 11.3 Å². The van der Waals surface area contributed by atoms with Gasteiger partial charge in [0.1, 0.15) is 11.9 Å². The van der Waals surface area contributed by atoms with Gasteiger partial charge in [-0.15, -0.1) is 0 Å². The Balaban J connectivity index is 1.65. The molecule has 0 N–H and O–H groups in total. The molecule has 0 aliphatic carbocycles. The number of rotatable bonds is 2. The molecule has 4 rings (SSSR count). The molecule has 2 heteroatoms. The Hall–Kier alpha value is -2.22. The lowest BCUT2D eigenvalue weighted by Gasteiger charge is -2.14. The van der Waals surface area contributed by atoms with Crippen LogP contribution in [0.2, 0.25) is 0 Å². The first-order valence-corrected chi connectivity index (χ1v) is 7.11. The summed E-state index contributed by atoms with van der Waals surface area (Å²) in [4.78, 5) is 0. The minimum absolute atomic E-state index is 0.238. The van der Waals surface area contributed by atoms with Crippen molar-refractivity contribution >= 4 is 10.9 Å². The topological polar surface area (TPSA) is 14.2 Å². The second-order valence-electron chi connectivity index (χ2n) is 5.51. The number of aryl methyl sites for hydroxylation is 1. The van der Waals surface area contributed by atoms with E-state index in [-0.39, 0.29) is 6.10 Å². The number of para-hydroxylation sites is 2. The second-order valence-corrected chi connectivity index (χ2v) is 5.51. The van der Waals surface area contributed by atoms with E-state index in [1.807, 2.05) is 6.07 Å². The van der Waals surface area contributed by atoms with Gasteiger partial charge in [0.15, 0.2) is 0 Å². The second kappa shape index (κ2) is 4.41. The molecule has 100 valence electrons. The third kappa shape index (κ3) is 1.80. The molecule has 2 aromatic carbocycles. The molecule has 1 aliphatic rings. The van der Waals surface area contributed by atoms with Crippen molar-refractivity contribution in [2.45, 2.75) is 26.0 Å². The Labute approximate surface area is 118 Å². The summed E-state index contributed by atoms with van der Waals surface area (Å²) in [6, 6.07) is 19.1. The van der Waals surface area contributed by atoms with Gasteiger partial charge < -0.3 is 9.30 Å². The SMILES string of the molecule is Cc1cc2ccccc2n1CC1Cc2ccccc2O1. The van der Waals surface area contributed by atoms with Gasteiger partial charge in [-0.1, -0.05) is 36.4 Å². The molecule has 2 heterocycles. The van der Waals surface area contributed by atoms with Crippen LogP contribution in [-0.4, -0.2) is 10.7 Å². The number of nitrogens with zero attached hydrogens (tertiary/aromatic N) is 1. The lowest BCUT2D eigenvalue weighted by molar-refractivity contribution is 0.210. The zero-order valence-electron chi connectivity index (χ0n) is 11.5. The van der Waals surface area contributed by atoms with Gasteiger partial charge in [0, 0.05) is 17.6 Å². The first-order chi connectivity index (χ1) is 9.81. The summed E-state index contributed by atoms with van der Waals surface area (Å²) in [6.45, 7) is 3.08. The monoisotopic (exact) mass is 263 g/mol. The Bertz CT molecular complexity index is 747. The average molecular weight is 263 g/mol. The van der Waals surface area contributed by atoms with Gasteiger partial charge in [-0.3, -0.25) is 0 Å². The van der Waals surface area contributed by atoms with Gasteiger partial charge in [-0.25, -0.2) is 0 Å². The maximum atomic E-state index is 6.06. The highest BCUT2D eigenvalue weighted by Gasteiger charge is 2.23. The minimum atomic E-state index is 0.238. The van der Waals surface area contributed by atoms with E-state index in [0.29, 0.717) is 0 Å². The summed E-state index contributed by atoms with van der Waals surface area (Å²) in [7, 11) is 0. The summed E-state index contributed by atoms with van der Waals surface area (Å²) in [6.07, 6.45) is 1.24. The Morgan fingerprint density at radius 1 is 1.10 bits per heavy atom. The molecule has 0 bridgehead atoms. The molecule has 0 amide bonds. The molecule has 0 saturated heterocycles. The summed E-state index contributed by atoms with van der Waals surface area (Å²) >= 11 is 0. The molecular weight excluding hydrogens is 246 g/mol. The predicted octanol–water partition coefficient (Wildman–Crippen LogP) is 3.95. The predicted molar refractivity (Wildman–Crippen MR) is 81.2 cm³/mol. The van der Waals surface area contributed by atoms with Crippen molar-refractivity contribution in [3.8, 4) is 5.75 Å². The fourth-order valence-corrected chi connectivity index (χ4v) is 3.15. The van der Waals surface area contributed by atoms with E-state index in [1.54, 1.807) is 0 Å². The van der Waals surface area contributed by atoms with E-state index in [9.17, 15) is 0 Å². The lowest BCUT2D eigenvalue weighted by Crippen LogP contribution is -2.21. The summed E-state index contributed by atoms with van der Waals surface area (Å²) in [5.41, 5.74) is 3.92. The molecular formula is C18H17NO. The van der Waals surface area contributed by atoms with Crippen molar-refractivity contribution in [1.29, 1.82) is 0 Å². The van der Waals surface area contributed by atoms with Crippen LogP contribution in [0.4, 0.5) is 0 Å². The molecule has 1 aromatic heterocycles. The van der Waals surface area contributed by atoms with E-state index in [2.05, 4.69) is 60.0 Å². The molecule has 20 heavy (non-hydrogen) atoms. The van der Waals surface area contributed by atoms with Crippen LogP contribution < -0.4 is 4.74 Å². The molecule has 2 nitrogen and oxygen atoms in total. The maximum Gasteiger partial charge on any atom is 0.123 e. The highest BCUT2D eigenvalue weighted by molar-refractivity contribution is 5.81. The van der Waals surface area contributed by atoms with Crippen LogP contribution >= 0.6 is 0 Å². The van der Waals surface area contributed by atoms with Crippen molar-refractivity contribution in [2.24, 2.45) is 0 Å². The zero-order chi connectivity index (χ0) is 13.5. The van der Waals surface area contributed by atoms with E-state index in [1.165, 1.54) is 22.2 Å². The van der Waals surface area contributed by atoms with Gasteiger partial charge in [0.05, 0.1) is 6.54 Å². The lowest BCUT2D eigenvalue weighted by atomic mass is 10.1. The van der Waals surface area contributed by atoms with E-state index in [0.717, 1.165) is 18.7 Å². The van der Waals surface area contributed by atoms with Crippen molar-refractivity contribution in [2.75, 3.05) is 0 Å². The fourth-order valence-electron chi connectivity index (χ4n) is 3.15. The molecule has 1 atom stereocenters. The Morgan fingerprint density at radius 2 is 1.90 bits per heavy atom. The Morgan fingerprint density at radius 3 is 2.80 bits per heavy atom. The zero-order valence-corrected chi connectivity index (χ0v) is 11.5. The molecule has 1 aliphatic heterocycles. The molecule has 0 spiro atoms. The largest absolute Gasteiger partial charge is 0.488 e. The standard InChI is InChI=1S/C18H17NO/c1-13-10-14-6-2-4-8-17(14)19(13)12-16-11-15-7-3-5-9-18(15)20-16/h2-10,16H,11-12H2,1H3. The summed E-state index contributed by atoms with van der Waals surface area (Å²) in [5, 5.41) is 1.31. The molecule has 3 aromatic rings. The number of ether oxygens (including phenoxy) is 1. The van der Waals surface area contributed by atoms with Crippen molar-refractivity contribution in [3.63, 3.8) is 0 Å². The highest BCUT2D eigenvalue weighted by atomic mass is 16.5. The summed E-state index contributed by atoms with van der Waals surface area (Å²) < 4.78 is 8.43. The molecule has 1 unspecified atom stereocenters. The van der Waals surface area contributed by atoms with Gasteiger partial charge in [-0.05, 0) is 36.1 Å². The first kappa shape index (κ1) is 11.6. The third-order valence-corrected chi connectivity index (χ3v) is 4.12. The molecule has 0 radical (unpaired) electrons. The van der Waals surface area contributed by atoms with Crippen LogP contribution in [0.5, 0.6) is 5.75 Å². The minimum Gasteiger partial charge on any atom is -0.488 e. The quantitative estimate of drug-likeness (QED) is 0.682. The van der Waals surface area contributed by atoms with Crippen molar-refractivity contribution < 1.29 is 4.74 Å². The number of hydrogen-bond acceptors (Lipinski definition) is 1. The number of benzene rings is 2. The summed E-state index contributed by atoms with van der Waals surface area (Å²) in [5.74, 6) is 1.05. The first-order valence-electron chi connectivity index (χ1n) is 7.11. The van der Waals surface area contributed by atoms with Crippen LogP contribution in [0.3, 0.4) is 0 Å². The Kier molecular flexibility index (Phi) is 2.56. The van der Waals surface area contributed by atoms with Gasteiger partial charge in [-0.2, -0.15) is 0 Å². The maximum absolute atomic E-state index is 6.06. The third-order valence-electron chi connectivity index (χ3n) is 4.12. The van der Waals surface area contributed by atoms with Crippen LogP contribution in [0.15, 0.2) is 54.6 Å². The van der Waals surface area contributed by atoms with Crippen molar-refractivity contribution in [3.05, 3.63) is 65.9 Å². The number of fused-ring (bicyclic) bond motifs is 2. The molecule has 0 saturated carbocycles. The molecule has 0 fully saturated rings. The van der Waals surface area contributed by atoms with E-state index in [4.69, 9.17) is 4.74 Å². The van der Waals surface area contributed by atoms with Gasteiger partial charge in [0.2, 0.25) is 0 Å². The van der Waals surface area contributed by atoms with Gasteiger partial charge in [0.25, 0.3) is 0 Å². The fraction of sp³-hybridized carbons (Fsp3) is 0.222. The van der Waals surface area contributed by atoms with E-state index < -0.39 is 0 Å². The average Bonchev–Trinajstić information content (AvgIpc) is 3.00. The number of aromatic nitrogens is 1. The van der Waals surface area contributed by atoms with Crippen molar-refractivity contribution in [1.82, 2.24) is 4.57 Å². The van der Waals surface area contributed by atoms with Gasteiger partial charge >= 0.3 is 0 Å². The smallest absolute Gasteiger partial charge is 0.123 e. The van der Waals surface area contributed by atoms with Crippen LogP contribution in [0.25, 0.3) is 10.9 Å². The highest BCUT2D eigenvalue weighted by Crippen LogP contribution is 2.30. The normalized spacial score (nSPS) is 17.1. The van der Waals surface area contributed by atoms with Crippen LogP contribution in [-0.2, 0) is 13.0 Å². The number of hydrogen-bond donors (Lipinski definition) is 0. The van der Waals surface area contributed by atoms with Crippen LogP contribution in [0, 0.1) is 6.92 Å². The van der Waals surface area contributed by atoms with E-state index >= 15 is 0 Å².